The molecule has 39 heavy (non-hydrogen) atoms. The maximum Gasteiger partial charge on any atom is 0.490 e. The second-order valence-electron chi connectivity index (χ2n) is 9.56. The van der Waals surface area contributed by atoms with E-state index in [2.05, 4.69) is 9.88 Å². The first-order valence-electron chi connectivity index (χ1n) is 12.2. The molecule has 1 spiro atoms. The largest absolute Gasteiger partial charge is 0.490 e. The van der Waals surface area contributed by atoms with Crippen molar-refractivity contribution in [2.75, 3.05) is 39.5 Å². The molecule has 0 aromatic carbocycles. The summed E-state index contributed by atoms with van der Waals surface area (Å²) >= 11 is 0. The lowest BCUT2D eigenvalue weighted by Crippen LogP contribution is -2.66. The van der Waals surface area contributed by atoms with Crippen LogP contribution in [0, 0.1) is 12.8 Å². The van der Waals surface area contributed by atoms with Gasteiger partial charge in [0.15, 0.2) is 0 Å². The molecule has 222 valence electrons. The molecule has 4 heterocycles. The Hall–Kier alpha value is -2.49. The number of aromatic nitrogens is 1. The average molecular weight is 575 g/mol. The van der Waals surface area contributed by atoms with Crippen molar-refractivity contribution in [3.63, 3.8) is 0 Å². The van der Waals surface area contributed by atoms with Crippen LogP contribution in [-0.2, 0) is 30.4 Å². The maximum absolute atomic E-state index is 10.6. The third-order valence-electron chi connectivity index (χ3n) is 6.23. The number of aryl methyl sites for hydroxylation is 1. The third-order valence-corrected chi connectivity index (χ3v) is 6.23. The third kappa shape index (κ3) is 11.6. The molecule has 15 heteroatoms. The number of alkyl halides is 6. The molecule has 1 aromatic rings. The molecule has 0 bridgehead atoms. The summed E-state index contributed by atoms with van der Waals surface area (Å²) in [6.45, 7) is 8.64. The molecule has 0 radical (unpaired) electrons. The van der Waals surface area contributed by atoms with E-state index in [1.807, 2.05) is 25.1 Å². The fourth-order valence-electron chi connectivity index (χ4n) is 4.42. The summed E-state index contributed by atoms with van der Waals surface area (Å²) in [4.78, 5) is 24.9. The number of likely N-dealkylation sites (tertiary alicyclic amines) is 1. The molecule has 0 saturated carbocycles. The first-order valence-corrected chi connectivity index (χ1v) is 12.2. The van der Waals surface area contributed by atoms with Gasteiger partial charge < -0.3 is 24.4 Å². The van der Waals surface area contributed by atoms with E-state index in [1.54, 1.807) is 0 Å². The average Bonchev–Trinajstić information content (AvgIpc) is 2.82. The van der Waals surface area contributed by atoms with Crippen molar-refractivity contribution in [2.24, 2.45) is 5.92 Å². The number of carbonyl (C=O) groups is 2. The number of hydrogen-bond acceptors (Lipinski definition) is 7. The number of carboxylic acid groups (broad SMARTS) is 2. The summed E-state index contributed by atoms with van der Waals surface area (Å²) < 4.78 is 81.3. The second kappa shape index (κ2) is 14.2. The molecule has 0 amide bonds. The van der Waals surface area contributed by atoms with Gasteiger partial charge in [-0.3, -0.25) is 9.88 Å². The summed E-state index contributed by atoms with van der Waals surface area (Å²) in [5.41, 5.74) is 2.11. The Morgan fingerprint density at radius 1 is 1.03 bits per heavy atom. The summed E-state index contributed by atoms with van der Waals surface area (Å²) in [5.74, 6) is -4.71. The van der Waals surface area contributed by atoms with Crippen LogP contribution in [0.5, 0.6) is 0 Å². The highest BCUT2D eigenvalue weighted by Gasteiger charge is 2.48. The molecule has 1 aromatic heterocycles. The number of hydrogen-bond donors (Lipinski definition) is 2. The van der Waals surface area contributed by atoms with Crippen LogP contribution >= 0.6 is 0 Å². The SMILES string of the molecule is Cc1cccc(COC2CCOC3(C2)CN(CC2CCOCC2)C3)n1.O=C(O)C(F)(F)F.O=C(O)C(F)(F)F. The molecule has 1 unspecified atom stereocenters. The smallest absolute Gasteiger partial charge is 0.475 e. The number of carboxylic acids is 2. The van der Waals surface area contributed by atoms with E-state index in [-0.39, 0.29) is 5.60 Å². The number of rotatable bonds is 5. The topological polar surface area (TPSA) is 118 Å². The molecular formula is C24H32F6N2O7. The molecule has 0 aliphatic carbocycles. The summed E-state index contributed by atoms with van der Waals surface area (Å²) in [7, 11) is 0. The molecule has 4 rings (SSSR count). The van der Waals surface area contributed by atoms with Crippen LogP contribution < -0.4 is 0 Å². The van der Waals surface area contributed by atoms with Crippen LogP contribution in [0.15, 0.2) is 18.2 Å². The monoisotopic (exact) mass is 574 g/mol. The van der Waals surface area contributed by atoms with E-state index < -0.39 is 24.3 Å². The Bertz CT molecular complexity index is 908. The number of nitrogens with zero attached hydrogens (tertiary/aromatic N) is 2. The highest BCUT2D eigenvalue weighted by atomic mass is 19.4. The standard InChI is InChI=1S/C20H30N2O3.2C2HF3O2/c1-16-3-2-4-18(21-16)13-24-19-7-10-25-20(11-19)14-22(15-20)12-17-5-8-23-9-6-17;2*3-2(4,5)1(6)7/h2-4,17,19H,5-15H2,1H3;2*(H,6,7). The molecule has 3 saturated heterocycles. The molecule has 3 aliphatic heterocycles. The molecule has 9 nitrogen and oxygen atoms in total. The number of halogens is 6. The quantitative estimate of drug-likeness (QED) is 0.506. The Kier molecular flexibility index (Phi) is 11.9. The van der Waals surface area contributed by atoms with Crippen molar-refractivity contribution in [3.05, 3.63) is 29.6 Å². The fraction of sp³-hybridized carbons (Fsp3) is 0.708. The van der Waals surface area contributed by atoms with Gasteiger partial charge in [0.1, 0.15) is 0 Å². The van der Waals surface area contributed by atoms with E-state index in [1.165, 1.54) is 19.4 Å². The number of aliphatic carboxylic acids is 2. The fourth-order valence-corrected chi connectivity index (χ4v) is 4.42. The Morgan fingerprint density at radius 3 is 2.10 bits per heavy atom. The minimum Gasteiger partial charge on any atom is -0.475 e. The lowest BCUT2D eigenvalue weighted by molar-refractivity contribution is -0.201. The van der Waals surface area contributed by atoms with Crippen molar-refractivity contribution >= 4 is 11.9 Å². The van der Waals surface area contributed by atoms with Gasteiger partial charge in [-0.15, -0.1) is 0 Å². The maximum atomic E-state index is 10.6. The van der Waals surface area contributed by atoms with Gasteiger partial charge in [0.05, 0.1) is 24.0 Å². The summed E-state index contributed by atoms with van der Waals surface area (Å²) in [5, 5.41) is 14.2. The van der Waals surface area contributed by atoms with E-state index in [9.17, 15) is 26.3 Å². The van der Waals surface area contributed by atoms with Crippen LogP contribution in [0.3, 0.4) is 0 Å². The van der Waals surface area contributed by atoms with E-state index in [0.29, 0.717) is 12.7 Å². The van der Waals surface area contributed by atoms with Crippen LogP contribution in [0.4, 0.5) is 26.3 Å². The van der Waals surface area contributed by atoms with Gasteiger partial charge in [-0.05, 0) is 44.2 Å². The predicted molar refractivity (Wildman–Crippen MR) is 123 cm³/mol. The molecule has 1 atom stereocenters. The van der Waals surface area contributed by atoms with Gasteiger partial charge in [-0.1, -0.05) is 6.07 Å². The molecule has 2 N–H and O–H groups in total. The molecule has 3 fully saturated rings. The van der Waals surface area contributed by atoms with Gasteiger partial charge in [0, 0.05) is 51.6 Å². The highest BCUT2D eigenvalue weighted by Crippen LogP contribution is 2.36. The predicted octanol–water partition coefficient (Wildman–Crippen LogP) is 3.83. The van der Waals surface area contributed by atoms with Crippen LogP contribution in [0.2, 0.25) is 0 Å². The summed E-state index contributed by atoms with van der Waals surface area (Å²) in [6, 6.07) is 6.11. The van der Waals surface area contributed by atoms with Gasteiger partial charge in [0.25, 0.3) is 0 Å². The Labute approximate surface area is 221 Å². The van der Waals surface area contributed by atoms with Crippen molar-refractivity contribution in [1.82, 2.24) is 9.88 Å². The number of ether oxygens (including phenoxy) is 3. The van der Waals surface area contributed by atoms with Crippen molar-refractivity contribution < 1.29 is 60.4 Å². The van der Waals surface area contributed by atoms with Crippen LogP contribution in [0.1, 0.15) is 37.1 Å². The van der Waals surface area contributed by atoms with Gasteiger partial charge in [0.2, 0.25) is 0 Å². The Morgan fingerprint density at radius 2 is 1.59 bits per heavy atom. The van der Waals surface area contributed by atoms with E-state index >= 15 is 0 Å². The zero-order chi connectivity index (χ0) is 29.3. The minimum atomic E-state index is -5.08. The van der Waals surface area contributed by atoms with Crippen LogP contribution in [0.25, 0.3) is 0 Å². The van der Waals surface area contributed by atoms with Crippen molar-refractivity contribution in [1.29, 1.82) is 0 Å². The van der Waals surface area contributed by atoms with Gasteiger partial charge in [-0.2, -0.15) is 26.3 Å². The second-order valence-corrected chi connectivity index (χ2v) is 9.56. The first kappa shape index (κ1) is 32.7. The normalized spacial score (nSPS) is 21.6. The minimum absolute atomic E-state index is 0.0358. The highest BCUT2D eigenvalue weighted by molar-refractivity contribution is 5.73. The number of pyridine rings is 1. The lowest BCUT2D eigenvalue weighted by atomic mass is 9.83. The van der Waals surface area contributed by atoms with Crippen molar-refractivity contribution in [2.45, 2.75) is 63.3 Å². The Balaban J connectivity index is 0.000000317. The zero-order valence-electron chi connectivity index (χ0n) is 21.3. The van der Waals surface area contributed by atoms with Crippen molar-refractivity contribution in [3.8, 4) is 0 Å². The van der Waals surface area contributed by atoms with Gasteiger partial charge >= 0.3 is 24.3 Å². The zero-order valence-corrected chi connectivity index (χ0v) is 21.3. The first-order chi connectivity index (χ1) is 18.1. The van der Waals surface area contributed by atoms with Crippen LogP contribution in [-0.4, -0.2) is 95.5 Å². The molecule has 3 aliphatic rings. The van der Waals surface area contributed by atoms with E-state index in [0.717, 1.165) is 63.1 Å². The van der Waals surface area contributed by atoms with E-state index in [4.69, 9.17) is 34.0 Å². The molecular weight excluding hydrogens is 542 g/mol. The lowest BCUT2D eigenvalue weighted by Gasteiger charge is -2.54. The summed E-state index contributed by atoms with van der Waals surface area (Å²) in [6.07, 6.45) is -5.45. The van der Waals surface area contributed by atoms with Gasteiger partial charge in [-0.25, -0.2) is 9.59 Å².